The number of amides is 1. The zero-order valence-electron chi connectivity index (χ0n) is 20.0. The normalized spacial score (nSPS) is 10.7. The summed E-state index contributed by atoms with van der Waals surface area (Å²) in [7, 11) is 0. The molecule has 2 aromatic carbocycles. The molecule has 35 heavy (non-hydrogen) atoms. The maximum Gasteiger partial charge on any atom is 0.237 e. The number of aryl methyl sites for hydroxylation is 3. The number of thioether (sulfide) groups is 1. The summed E-state index contributed by atoms with van der Waals surface area (Å²) in [5.74, 6) is 0.740. The van der Waals surface area contributed by atoms with Crippen LogP contribution in [0.1, 0.15) is 23.1 Å². The summed E-state index contributed by atoms with van der Waals surface area (Å²) in [6.45, 7) is 6.43. The van der Waals surface area contributed by atoms with Crippen LogP contribution in [0.25, 0.3) is 17.1 Å². The second-order valence-corrected chi connectivity index (χ2v) is 9.12. The van der Waals surface area contributed by atoms with E-state index in [4.69, 9.17) is 5.26 Å². The van der Waals surface area contributed by atoms with Crippen LogP contribution in [0.5, 0.6) is 0 Å². The first-order valence-electron chi connectivity index (χ1n) is 11.3. The van der Waals surface area contributed by atoms with Gasteiger partial charge < -0.3 is 4.90 Å². The first-order chi connectivity index (χ1) is 17.0. The van der Waals surface area contributed by atoms with E-state index in [0.717, 1.165) is 33.6 Å². The Balaban J connectivity index is 1.65. The summed E-state index contributed by atoms with van der Waals surface area (Å²) in [5.41, 5.74) is 5.91. The average Bonchev–Trinajstić information content (AvgIpc) is 3.29. The van der Waals surface area contributed by atoms with Crippen LogP contribution in [0.4, 0.5) is 5.69 Å². The van der Waals surface area contributed by atoms with Gasteiger partial charge in [0.1, 0.15) is 0 Å². The fourth-order valence-corrected chi connectivity index (χ4v) is 4.56. The van der Waals surface area contributed by atoms with Gasteiger partial charge in [-0.25, -0.2) is 0 Å². The highest BCUT2D eigenvalue weighted by molar-refractivity contribution is 7.99. The zero-order valence-corrected chi connectivity index (χ0v) is 20.8. The highest BCUT2D eigenvalue weighted by Crippen LogP contribution is 2.30. The number of aromatic nitrogens is 4. The molecule has 0 aliphatic carbocycles. The molecule has 0 bridgehead atoms. The third kappa shape index (κ3) is 5.42. The Morgan fingerprint density at radius 3 is 2.57 bits per heavy atom. The fraction of sp³-hybridized carbons (Fsp3) is 0.222. The minimum absolute atomic E-state index is 0.0873. The Morgan fingerprint density at radius 2 is 1.86 bits per heavy atom. The molecule has 0 saturated heterocycles. The third-order valence-electron chi connectivity index (χ3n) is 5.78. The molecule has 0 atom stereocenters. The molecule has 2 heterocycles. The van der Waals surface area contributed by atoms with Crippen molar-refractivity contribution >= 4 is 23.4 Å². The minimum atomic E-state index is -0.0873. The smallest absolute Gasteiger partial charge is 0.237 e. The second kappa shape index (κ2) is 11.0. The number of para-hydroxylation sites is 1. The van der Waals surface area contributed by atoms with Crippen molar-refractivity contribution in [3.63, 3.8) is 0 Å². The van der Waals surface area contributed by atoms with Gasteiger partial charge in [-0.2, -0.15) is 5.26 Å². The quantitative estimate of drug-likeness (QED) is 0.317. The van der Waals surface area contributed by atoms with Gasteiger partial charge in [0.15, 0.2) is 11.0 Å². The fourth-order valence-electron chi connectivity index (χ4n) is 3.73. The molecular formula is C27H26N6OS. The Hall–Kier alpha value is -3.96. The molecule has 4 rings (SSSR count). The topological polar surface area (TPSA) is 87.7 Å². The van der Waals surface area contributed by atoms with E-state index in [1.165, 1.54) is 11.8 Å². The largest absolute Gasteiger partial charge is 0.311 e. The number of hydrogen-bond donors (Lipinski definition) is 0. The Kier molecular flexibility index (Phi) is 7.58. The van der Waals surface area contributed by atoms with E-state index in [-0.39, 0.29) is 18.1 Å². The number of hydrogen-bond acceptors (Lipinski definition) is 6. The van der Waals surface area contributed by atoms with Gasteiger partial charge in [-0.1, -0.05) is 36.0 Å². The predicted octanol–water partition coefficient (Wildman–Crippen LogP) is 5.29. The van der Waals surface area contributed by atoms with E-state index in [2.05, 4.69) is 21.3 Å². The highest BCUT2D eigenvalue weighted by Gasteiger charge is 2.21. The Morgan fingerprint density at radius 1 is 1.03 bits per heavy atom. The van der Waals surface area contributed by atoms with Crippen molar-refractivity contribution in [2.75, 3.05) is 17.2 Å². The van der Waals surface area contributed by atoms with Crippen LogP contribution >= 0.6 is 11.8 Å². The van der Waals surface area contributed by atoms with Crippen molar-refractivity contribution in [3.8, 4) is 23.1 Å². The molecular weight excluding hydrogens is 456 g/mol. The lowest BCUT2D eigenvalue weighted by atomic mass is 10.1. The van der Waals surface area contributed by atoms with Crippen molar-refractivity contribution in [3.05, 3.63) is 83.7 Å². The number of nitrogens with zero attached hydrogens (tertiary/aromatic N) is 6. The van der Waals surface area contributed by atoms with E-state index >= 15 is 0 Å². The number of anilines is 1. The molecule has 0 saturated carbocycles. The molecule has 0 radical (unpaired) electrons. The summed E-state index contributed by atoms with van der Waals surface area (Å²) < 4.78 is 1.97. The summed E-state index contributed by atoms with van der Waals surface area (Å²) in [6, 6.07) is 19.9. The van der Waals surface area contributed by atoms with Gasteiger partial charge in [-0.05, 0) is 67.8 Å². The standard InChI is InChI=1S/C27H26N6OS/c1-19-11-12-23(16-21(19)3)32(15-7-13-28)25(34)18-35-27-31-30-26(22-9-6-14-29-17-22)33(27)24-10-5-4-8-20(24)2/h4-6,8-12,14,16-17H,7,15,18H2,1-3H3. The van der Waals surface area contributed by atoms with Crippen molar-refractivity contribution in [1.29, 1.82) is 5.26 Å². The molecule has 0 spiro atoms. The van der Waals surface area contributed by atoms with Crippen molar-refractivity contribution in [2.24, 2.45) is 0 Å². The molecule has 7 nitrogen and oxygen atoms in total. The number of pyridine rings is 1. The predicted molar refractivity (Wildman–Crippen MR) is 139 cm³/mol. The molecule has 0 fully saturated rings. The van der Waals surface area contributed by atoms with Gasteiger partial charge in [-0.15, -0.1) is 10.2 Å². The van der Waals surface area contributed by atoms with Gasteiger partial charge in [0, 0.05) is 30.2 Å². The summed E-state index contributed by atoms with van der Waals surface area (Å²) in [6.07, 6.45) is 3.73. The number of rotatable bonds is 8. The second-order valence-electron chi connectivity index (χ2n) is 8.18. The van der Waals surface area contributed by atoms with Crippen molar-refractivity contribution in [1.82, 2.24) is 19.7 Å². The van der Waals surface area contributed by atoms with Crippen LogP contribution in [-0.2, 0) is 4.79 Å². The highest BCUT2D eigenvalue weighted by atomic mass is 32.2. The first kappa shape index (κ1) is 24.2. The van der Waals surface area contributed by atoms with E-state index in [9.17, 15) is 4.79 Å². The van der Waals surface area contributed by atoms with Crippen LogP contribution < -0.4 is 4.90 Å². The lowest BCUT2D eigenvalue weighted by molar-refractivity contribution is -0.116. The number of carbonyl (C=O) groups excluding carboxylic acids is 1. The number of nitriles is 1. The van der Waals surface area contributed by atoms with Crippen molar-refractivity contribution in [2.45, 2.75) is 32.3 Å². The molecule has 0 aliphatic heterocycles. The first-order valence-corrected chi connectivity index (χ1v) is 12.3. The van der Waals surface area contributed by atoms with Crippen LogP contribution in [0.3, 0.4) is 0 Å². The van der Waals surface area contributed by atoms with Crippen LogP contribution in [0.2, 0.25) is 0 Å². The molecule has 8 heteroatoms. The molecule has 0 unspecified atom stereocenters. The number of carbonyl (C=O) groups is 1. The molecule has 1 amide bonds. The molecule has 176 valence electrons. The number of benzene rings is 2. The summed E-state index contributed by atoms with van der Waals surface area (Å²) in [4.78, 5) is 19.2. The van der Waals surface area contributed by atoms with Crippen LogP contribution in [-0.4, -0.2) is 38.0 Å². The van der Waals surface area contributed by atoms with E-state index < -0.39 is 0 Å². The maximum atomic E-state index is 13.3. The Bertz CT molecular complexity index is 1380. The van der Waals surface area contributed by atoms with E-state index in [1.807, 2.05) is 79.9 Å². The zero-order chi connectivity index (χ0) is 24.8. The van der Waals surface area contributed by atoms with Gasteiger partial charge >= 0.3 is 0 Å². The van der Waals surface area contributed by atoms with Crippen LogP contribution in [0, 0.1) is 32.1 Å². The van der Waals surface area contributed by atoms with Crippen molar-refractivity contribution < 1.29 is 4.79 Å². The molecule has 4 aromatic rings. The van der Waals surface area contributed by atoms with E-state index in [0.29, 0.717) is 17.5 Å². The van der Waals surface area contributed by atoms with Gasteiger partial charge in [0.25, 0.3) is 0 Å². The minimum Gasteiger partial charge on any atom is -0.311 e. The molecule has 0 N–H and O–H groups in total. The lowest BCUT2D eigenvalue weighted by Crippen LogP contribution is -2.33. The summed E-state index contributed by atoms with van der Waals surface area (Å²) in [5, 5.41) is 18.6. The molecule has 0 aliphatic rings. The van der Waals surface area contributed by atoms with Crippen LogP contribution in [0.15, 0.2) is 72.1 Å². The maximum absolute atomic E-state index is 13.3. The Labute approximate surface area is 209 Å². The van der Waals surface area contributed by atoms with Gasteiger partial charge in [-0.3, -0.25) is 14.3 Å². The lowest BCUT2D eigenvalue weighted by Gasteiger charge is -2.22. The van der Waals surface area contributed by atoms with Gasteiger partial charge in [0.05, 0.1) is 23.9 Å². The average molecular weight is 483 g/mol. The van der Waals surface area contributed by atoms with Gasteiger partial charge in [0.2, 0.25) is 5.91 Å². The molecule has 2 aromatic heterocycles. The summed E-state index contributed by atoms with van der Waals surface area (Å²) >= 11 is 1.33. The SMILES string of the molecule is Cc1ccc(N(CCC#N)C(=O)CSc2nnc(-c3cccnc3)n2-c2ccccc2C)cc1C. The third-order valence-corrected chi connectivity index (χ3v) is 6.70. The van der Waals surface area contributed by atoms with E-state index in [1.54, 1.807) is 17.3 Å². The monoisotopic (exact) mass is 482 g/mol.